The lowest BCUT2D eigenvalue weighted by atomic mass is 9.70. The summed E-state index contributed by atoms with van der Waals surface area (Å²) in [6.45, 7) is 20.1. The second-order valence-corrected chi connectivity index (χ2v) is 11.3. The Morgan fingerprint density at radius 3 is 1.96 bits per heavy atom. The Balaban J connectivity index is 2.60. The third kappa shape index (κ3) is 5.19. The minimum absolute atomic E-state index is 0.0201. The van der Waals surface area contributed by atoms with Gasteiger partial charge in [-0.1, -0.05) is 105 Å². The molecule has 0 radical (unpaired) electrons. The Bertz CT molecular complexity index is 784. The van der Waals surface area contributed by atoms with Gasteiger partial charge in [0.25, 0.3) is 0 Å². The van der Waals surface area contributed by atoms with Crippen LogP contribution in [0.1, 0.15) is 91.0 Å². The summed E-state index contributed by atoms with van der Waals surface area (Å²) >= 11 is 0. The van der Waals surface area contributed by atoms with Crippen molar-refractivity contribution < 1.29 is 5.11 Å². The van der Waals surface area contributed by atoms with Gasteiger partial charge in [-0.25, -0.2) is 0 Å². The van der Waals surface area contributed by atoms with Gasteiger partial charge in [-0.15, -0.1) is 0 Å². The molecule has 0 fully saturated rings. The number of hydrogen-bond donors (Lipinski definition) is 1. The molecule has 1 unspecified atom stereocenters. The van der Waals surface area contributed by atoms with Crippen LogP contribution in [0, 0.1) is 5.92 Å². The van der Waals surface area contributed by atoms with E-state index >= 15 is 0 Å². The summed E-state index contributed by atoms with van der Waals surface area (Å²) < 4.78 is 0. The largest absolute Gasteiger partial charge is 0.507 e. The normalized spacial score (nSPS) is 18.2. The van der Waals surface area contributed by atoms with E-state index in [4.69, 9.17) is 0 Å². The first-order chi connectivity index (χ1) is 12.7. The van der Waals surface area contributed by atoms with Crippen LogP contribution in [0.15, 0.2) is 42.5 Å². The summed E-state index contributed by atoms with van der Waals surface area (Å²) in [5.41, 5.74) is 4.53. The molecule has 0 spiro atoms. The van der Waals surface area contributed by atoms with E-state index in [0.29, 0.717) is 11.7 Å². The molecule has 1 aliphatic carbocycles. The van der Waals surface area contributed by atoms with Crippen LogP contribution >= 0.6 is 0 Å². The fourth-order valence-electron chi connectivity index (χ4n) is 4.04. The minimum Gasteiger partial charge on any atom is -0.507 e. The molecular formula is C27H40O. The van der Waals surface area contributed by atoms with Gasteiger partial charge in [-0.05, 0) is 46.1 Å². The number of benzene rings is 1. The number of allylic oxidation sites excluding steroid dienone is 6. The zero-order valence-corrected chi connectivity index (χ0v) is 19.5. The highest BCUT2D eigenvalue weighted by Gasteiger charge is 2.33. The van der Waals surface area contributed by atoms with Crippen molar-refractivity contribution in [1.29, 1.82) is 0 Å². The Kier molecular flexibility index (Phi) is 6.38. The van der Waals surface area contributed by atoms with Crippen LogP contribution in [0.4, 0.5) is 0 Å². The summed E-state index contributed by atoms with van der Waals surface area (Å²) in [5.74, 6) is 0.953. The molecule has 2 rings (SSSR count). The smallest absolute Gasteiger partial charge is 0.123 e. The molecule has 0 saturated heterocycles. The minimum atomic E-state index is -0.113. The average molecular weight is 381 g/mol. The highest BCUT2D eigenvalue weighted by atomic mass is 16.3. The van der Waals surface area contributed by atoms with Gasteiger partial charge in [0.2, 0.25) is 0 Å². The molecule has 28 heavy (non-hydrogen) atoms. The number of rotatable bonds is 3. The summed E-state index contributed by atoms with van der Waals surface area (Å²) in [7, 11) is 0. The molecular weight excluding hydrogens is 340 g/mol. The van der Waals surface area contributed by atoms with Crippen molar-refractivity contribution >= 4 is 0 Å². The van der Waals surface area contributed by atoms with Gasteiger partial charge >= 0.3 is 0 Å². The van der Waals surface area contributed by atoms with E-state index in [1.165, 1.54) is 11.1 Å². The molecule has 154 valence electrons. The molecule has 1 aliphatic rings. The van der Waals surface area contributed by atoms with Crippen LogP contribution in [-0.2, 0) is 22.7 Å². The third-order valence-corrected chi connectivity index (χ3v) is 5.49. The number of phenols is 1. The van der Waals surface area contributed by atoms with Crippen molar-refractivity contribution in [3.63, 3.8) is 0 Å². The van der Waals surface area contributed by atoms with E-state index in [0.717, 1.165) is 24.0 Å². The van der Waals surface area contributed by atoms with Crippen molar-refractivity contribution in [3.8, 4) is 5.75 Å². The van der Waals surface area contributed by atoms with Crippen molar-refractivity contribution in [3.05, 3.63) is 64.8 Å². The molecule has 0 saturated carbocycles. The number of hydrogen-bond acceptors (Lipinski definition) is 1. The van der Waals surface area contributed by atoms with Crippen molar-refractivity contribution in [2.24, 2.45) is 5.92 Å². The third-order valence-electron chi connectivity index (χ3n) is 5.49. The standard InChI is InChI=1S/C27H40O/c1-25(2,3)21-18-22(26(4,5)6)23(27(7,8)9)24(28)20(21)17-13-16-19-14-11-10-12-15-19/h10-14,16,18-19,28H,15,17H2,1-9H3. The maximum absolute atomic E-state index is 11.5. The SMILES string of the molecule is CC(C)(C)c1cc(C(C)(C)C)c(C(C)(C)C)c(O)c1CC=CC1C=CC=CC1. The lowest BCUT2D eigenvalue weighted by molar-refractivity contribution is 0.425. The van der Waals surface area contributed by atoms with Gasteiger partial charge in [0, 0.05) is 11.1 Å². The van der Waals surface area contributed by atoms with Crippen LogP contribution in [0.25, 0.3) is 0 Å². The fourth-order valence-corrected chi connectivity index (χ4v) is 4.04. The Morgan fingerprint density at radius 1 is 0.893 bits per heavy atom. The molecule has 0 bridgehead atoms. The molecule has 1 nitrogen and oxygen atoms in total. The van der Waals surface area contributed by atoms with Crippen LogP contribution in [0.5, 0.6) is 5.75 Å². The molecule has 1 aromatic rings. The molecule has 0 aliphatic heterocycles. The molecule has 0 aromatic heterocycles. The maximum Gasteiger partial charge on any atom is 0.123 e. The Labute approximate surface area is 173 Å². The Hall–Kier alpha value is -1.76. The lowest BCUT2D eigenvalue weighted by Gasteiger charge is -2.35. The first-order valence-electron chi connectivity index (χ1n) is 10.6. The first-order valence-corrected chi connectivity index (χ1v) is 10.6. The van der Waals surface area contributed by atoms with Gasteiger partial charge in [0.1, 0.15) is 5.75 Å². The first kappa shape index (κ1) is 22.5. The fraction of sp³-hybridized carbons (Fsp3) is 0.556. The highest BCUT2D eigenvalue weighted by molar-refractivity contribution is 5.57. The van der Waals surface area contributed by atoms with Crippen LogP contribution in [-0.4, -0.2) is 5.11 Å². The molecule has 1 aromatic carbocycles. The summed E-state index contributed by atoms with van der Waals surface area (Å²) in [6.07, 6.45) is 15.0. The summed E-state index contributed by atoms with van der Waals surface area (Å²) in [5, 5.41) is 11.5. The van der Waals surface area contributed by atoms with Gasteiger partial charge in [0.05, 0.1) is 0 Å². The average Bonchev–Trinajstić information content (AvgIpc) is 2.53. The molecule has 1 N–H and O–H groups in total. The van der Waals surface area contributed by atoms with Gasteiger partial charge in [-0.2, -0.15) is 0 Å². The van der Waals surface area contributed by atoms with E-state index in [-0.39, 0.29) is 16.2 Å². The van der Waals surface area contributed by atoms with Gasteiger partial charge in [-0.3, -0.25) is 0 Å². The number of aromatic hydroxyl groups is 1. The number of phenolic OH excluding ortho intramolecular Hbond substituents is 1. The Morgan fingerprint density at radius 2 is 1.50 bits per heavy atom. The molecule has 0 heterocycles. The van der Waals surface area contributed by atoms with E-state index in [2.05, 4.69) is 105 Å². The zero-order valence-electron chi connectivity index (χ0n) is 19.5. The zero-order chi connectivity index (χ0) is 21.3. The summed E-state index contributed by atoms with van der Waals surface area (Å²) in [4.78, 5) is 0. The van der Waals surface area contributed by atoms with E-state index in [1.54, 1.807) is 0 Å². The predicted molar refractivity (Wildman–Crippen MR) is 123 cm³/mol. The van der Waals surface area contributed by atoms with E-state index in [1.807, 2.05) is 0 Å². The second kappa shape index (κ2) is 7.93. The van der Waals surface area contributed by atoms with Crippen molar-refractivity contribution in [2.75, 3.05) is 0 Å². The summed E-state index contributed by atoms with van der Waals surface area (Å²) in [6, 6.07) is 2.37. The van der Waals surface area contributed by atoms with Gasteiger partial charge < -0.3 is 5.11 Å². The highest BCUT2D eigenvalue weighted by Crippen LogP contribution is 2.45. The van der Waals surface area contributed by atoms with Gasteiger partial charge in [0.15, 0.2) is 0 Å². The van der Waals surface area contributed by atoms with E-state index < -0.39 is 0 Å². The lowest BCUT2D eigenvalue weighted by Crippen LogP contribution is -2.25. The van der Waals surface area contributed by atoms with Crippen molar-refractivity contribution in [1.82, 2.24) is 0 Å². The molecule has 0 amide bonds. The van der Waals surface area contributed by atoms with E-state index in [9.17, 15) is 5.11 Å². The second-order valence-electron chi connectivity index (χ2n) is 11.3. The van der Waals surface area contributed by atoms with Crippen LogP contribution in [0.3, 0.4) is 0 Å². The topological polar surface area (TPSA) is 20.2 Å². The quantitative estimate of drug-likeness (QED) is 0.538. The molecule has 1 heteroatoms. The monoisotopic (exact) mass is 380 g/mol. The van der Waals surface area contributed by atoms with Crippen molar-refractivity contribution in [2.45, 2.75) is 91.4 Å². The predicted octanol–water partition coefficient (Wildman–Crippen LogP) is 7.52. The maximum atomic E-state index is 11.5. The molecule has 1 atom stereocenters. The van der Waals surface area contributed by atoms with Crippen LogP contribution < -0.4 is 0 Å². The van der Waals surface area contributed by atoms with Crippen LogP contribution in [0.2, 0.25) is 0 Å².